The predicted molar refractivity (Wildman–Crippen MR) is 127 cm³/mol. The molecule has 3 aromatic carbocycles. The first-order valence-electron chi connectivity index (χ1n) is 11.3. The van der Waals surface area contributed by atoms with Gasteiger partial charge in [-0.05, 0) is 78.3 Å². The second-order valence-corrected chi connectivity index (χ2v) is 8.58. The van der Waals surface area contributed by atoms with Crippen molar-refractivity contribution in [3.05, 3.63) is 95.8 Å². The van der Waals surface area contributed by atoms with E-state index in [-0.39, 0.29) is 5.82 Å². The molecule has 0 saturated heterocycles. The summed E-state index contributed by atoms with van der Waals surface area (Å²) in [5, 5.41) is 0. The molecule has 1 saturated carbocycles. The lowest BCUT2D eigenvalue weighted by Gasteiger charge is -2.27. The van der Waals surface area contributed by atoms with Gasteiger partial charge in [-0.15, -0.1) is 0 Å². The van der Waals surface area contributed by atoms with Gasteiger partial charge in [0.05, 0.1) is 6.61 Å². The fourth-order valence-corrected chi connectivity index (χ4v) is 4.76. The Labute approximate surface area is 185 Å². The van der Waals surface area contributed by atoms with Gasteiger partial charge in [0.1, 0.15) is 5.82 Å². The summed E-state index contributed by atoms with van der Waals surface area (Å²) in [6, 6.07) is 22.5. The van der Waals surface area contributed by atoms with Gasteiger partial charge in [0.2, 0.25) is 0 Å². The fraction of sp³-hybridized carbons (Fsp3) is 0.310. The van der Waals surface area contributed by atoms with Crippen LogP contribution >= 0.6 is 0 Å². The number of allylic oxidation sites excluding steroid dienone is 2. The molecule has 31 heavy (non-hydrogen) atoms. The molecule has 0 unspecified atom stereocenters. The molecule has 1 fully saturated rings. The second kappa shape index (κ2) is 10.1. The van der Waals surface area contributed by atoms with Gasteiger partial charge in [0.25, 0.3) is 0 Å². The van der Waals surface area contributed by atoms with E-state index in [0.717, 1.165) is 22.6 Å². The molecule has 0 atom stereocenters. The highest BCUT2D eigenvalue weighted by Gasteiger charge is 2.20. The molecule has 0 N–H and O–H groups in total. The minimum absolute atomic E-state index is 0.212. The molecular weight excluding hydrogens is 383 g/mol. The summed E-state index contributed by atoms with van der Waals surface area (Å²) < 4.78 is 19.6. The zero-order valence-electron chi connectivity index (χ0n) is 18.5. The largest absolute Gasteiger partial charge is 0.380 e. The van der Waals surface area contributed by atoms with E-state index in [9.17, 15) is 4.39 Å². The maximum atomic E-state index is 14.5. The van der Waals surface area contributed by atoms with Crippen LogP contribution in [-0.4, -0.2) is 7.11 Å². The Hall–Kier alpha value is -2.71. The van der Waals surface area contributed by atoms with E-state index in [1.807, 2.05) is 24.3 Å². The maximum absolute atomic E-state index is 14.5. The van der Waals surface area contributed by atoms with E-state index in [1.54, 1.807) is 13.2 Å². The molecule has 1 aliphatic carbocycles. The van der Waals surface area contributed by atoms with Gasteiger partial charge in [-0.2, -0.15) is 0 Å². The fourth-order valence-electron chi connectivity index (χ4n) is 4.76. The number of halogens is 1. The van der Waals surface area contributed by atoms with Gasteiger partial charge in [0, 0.05) is 12.7 Å². The van der Waals surface area contributed by atoms with Gasteiger partial charge in [0.15, 0.2) is 0 Å². The molecule has 0 bridgehead atoms. The number of hydrogen-bond donors (Lipinski definition) is 0. The summed E-state index contributed by atoms with van der Waals surface area (Å²) in [5.41, 5.74) is 6.17. The van der Waals surface area contributed by atoms with E-state index in [2.05, 4.69) is 55.5 Å². The first-order valence-corrected chi connectivity index (χ1v) is 11.3. The van der Waals surface area contributed by atoms with E-state index in [0.29, 0.717) is 18.1 Å². The van der Waals surface area contributed by atoms with Crippen LogP contribution in [0.25, 0.3) is 22.3 Å². The van der Waals surface area contributed by atoms with Crippen molar-refractivity contribution in [2.24, 2.45) is 5.92 Å². The molecular formula is C29H31FO. The predicted octanol–water partition coefficient (Wildman–Crippen LogP) is 8.16. The molecule has 0 heterocycles. The number of benzene rings is 3. The van der Waals surface area contributed by atoms with Crippen LogP contribution in [0.5, 0.6) is 0 Å². The van der Waals surface area contributed by atoms with E-state index < -0.39 is 0 Å². The van der Waals surface area contributed by atoms with Crippen molar-refractivity contribution in [2.45, 2.75) is 45.1 Å². The van der Waals surface area contributed by atoms with Crippen molar-refractivity contribution >= 4 is 0 Å². The number of rotatable bonds is 6. The highest BCUT2D eigenvalue weighted by Crippen LogP contribution is 2.37. The van der Waals surface area contributed by atoms with Crippen molar-refractivity contribution < 1.29 is 9.13 Å². The van der Waals surface area contributed by atoms with Gasteiger partial charge in [-0.1, -0.05) is 72.8 Å². The van der Waals surface area contributed by atoms with Crippen LogP contribution in [0, 0.1) is 11.7 Å². The summed E-state index contributed by atoms with van der Waals surface area (Å²) in [4.78, 5) is 0. The second-order valence-electron chi connectivity index (χ2n) is 8.58. The quantitative estimate of drug-likeness (QED) is 0.370. The lowest BCUT2D eigenvalue weighted by molar-refractivity contribution is 0.184. The van der Waals surface area contributed by atoms with Crippen molar-refractivity contribution in [2.75, 3.05) is 7.11 Å². The summed E-state index contributed by atoms with van der Waals surface area (Å²) in [6.07, 6.45) is 9.69. The molecule has 3 aromatic rings. The zero-order chi connectivity index (χ0) is 21.6. The summed E-state index contributed by atoms with van der Waals surface area (Å²) in [6.45, 7) is 2.54. The number of ether oxygens (including phenoxy) is 1. The van der Waals surface area contributed by atoms with Crippen LogP contribution in [0.4, 0.5) is 4.39 Å². The first kappa shape index (κ1) is 21.5. The minimum atomic E-state index is -0.212. The first-order chi connectivity index (χ1) is 15.2. The topological polar surface area (TPSA) is 9.23 Å². The Bertz CT molecular complexity index is 1010. The highest BCUT2D eigenvalue weighted by atomic mass is 19.1. The van der Waals surface area contributed by atoms with E-state index in [4.69, 9.17) is 4.74 Å². The molecule has 160 valence electrons. The van der Waals surface area contributed by atoms with E-state index >= 15 is 0 Å². The van der Waals surface area contributed by atoms with Crippen LogP contribution < -0.4 is 0 Å². The van der Waals surface area contributed by atoms with Gasteiger partial charge >= 0.3 is 0 Å². The minimum Gasteiger partial charge on any atom is -0.380 e. The molecule has 1 nitrogen and oxygen atoms in total. The molecule has 1 aliphatic rings. The Morgan fingerprint density at radius 2 is 1.45 bits per heavy atom. The van der Waals surface area contributed by atoms with Gasteiger partial charge in [-0.3, -0.25) is 0 Å². The number of hydrogen-bond acceptors (Lipinski definition) is 1. The average molecular weight is 415 g/mol. The Kier molecular flexibility index (Phi) is 6.99. The lowest BCUT2D eigenvalue weighted by atomic mass is 9.78. The van der Waals surface area contributed by atoms with Crippen LogP contribution in [0.15, 0.2) is 78.9 Å². The molecule has 0 aromatic heterocycles. The summed E-state index contributed by atoms with van der Waals surface area (Å²) in [7, 11) is 1.62. The van der Waals surface area contributed by atoms with Crippen LogP contribution in [0.2, 0.25) is 0 Å². The van der Waals surface area contributed by atoms with Crippen molar-refractivity contribution in [3.8, 4) is 22.3 Å². The summed E-state index contributed by atoms with van der Waals surface area (Å²) in [5.74, 6) is 1.23. The standard InChI is InChI=1S/C29H31FO/c1-3-4-21-5-8-23(9-6-21)24-10-12-25(13-11-24)26-14-16-27(17-15-26)28-18-7-22(20-31-2)19-29(28)30/h3-4,7,10-19,21,23H,5-6,8-9,20H2,1-2H3/b4-3+. The average Bonchev–Trinajstić information content (AvgIpc) is 2.81. The van der Waals surface area contributed by atoms with Crippen molar-refractivity contribution in [1.82, 2.24) is 0 Å². The molecule has 2 heteroatoms. The highest BCUT2D eigenvalue weighted by molar-refractivity contribution is 5.71. The Balaban J connectivity index is 1.45. The van der Waals surface area contributed by atoms with Crippen molar-refractivity contribution in [3.63, 3.8) is 0 Å². The SMILES string of the molecule is C/C=C/C1CCC(c2ccc(-c3ccc(-c4ccc(COC)cc4F)cc3)cc2)CC1. The monoisotopic (exact) mass is 414 g/mol. The Morgan fingerprint density at radius 1 is 0.839 bits per heavy atom. The van der Waals surface area contributed by atoms with Gasteiger partial charge < -0.3 is 4.74 Å². The smallest absolute Gasteiger partial charge is 0.131 e. The van der Waals surface area contributed by atoms with Gasteiger partial charge in [-0.25, -0.2) is 4.39 Å². The molecule has 4 rings (SSSR count). The zero-order valence-corrected chi connectivity index (χ0v) is 18.5. The van der Waals surface area contributed by atoms with E-state index in [1.165, 1.54) is 36.8 Å². The summed E-state index contributed by atoms with van der Waals surface area (Å²) >= 11 is 0. The molecule has 0 amide bonds. The molecule has 0 spiro atoms. The van der Waals surface area contributed by atoms with Crippen molar-refractivity contribution in [1.29, 1.82) is 0 Å². The maximum Gasteiger partial charge on any atom is 0.131 e. The lowest BCUT2D eigenvalue weighted by Crippen LogP contribution is -2.11. The third-order valence-electron chi connectivity index (χ3n) is 6.49. The number of methoxy groups -OCH3 is 1. The molecule has 0 aliphatic heterocycles. The third kappa shape index (κ3) is 5.14. The van der Waals surface area contributed by atoms with Crippen LogP contribution in [0.1, 0.15) is 49.7 Å². The van der Waals surface area contributed by atoms with Crippen LogP contribution in [0.3, 0.4) is 0 Å². The molecule has 0 radical (unpaired) electrons. The normalized spacial score (nSPS) is 19.1. The third-order valence-corrected chi connectivity index (χ3v) is 6.49. The Morgan fingerprint density at radius 3 is 2.03 bits per heavy atom. The van der Waals surface area contributed by atoms with Crippen LogP contribution in [-0.2, 0) is 11.3 Å².